The van der Waals surface area contributed by atoms with Crippen molar-refractivity contribution in [2.24, 2.45) is 0 Å². The van der Waals surface area contributed by atoms with E-state index in [0.29, 0.717) is 0 Å². The van der Waals surface area contributed by atoms with E-state index in [1.807, 2.05) is 30.3 Å². The number of aliphatic hydroxyl groups is 1. The van der Waals surface area contributed by atoms with Gasteiger partial charge in [0, 0.05) is 12.6 Å². The quantitative estimate of drug-likeness (QED) is 0.755. The van der Waals surface area contributed by atoms with Crippen LogP contribution in [0.5, 0.6) is 0 Å². The average molecular weight is 219 g/mol. The van der Waals surface area contributed by atoms with Crippen LogP contribution in [0, 0.1) is 0 Å². The highest BCUT2D eigenvalue weighted by atomic mass is 16.3. The number of carbonyl (C=O) groups excluding carboxylic acids is 1. The number of hydrogen-bond donors (Lipinski definition) is 2. The fraction of sp³-hybridized carbons (Fsp3) is 0.308. The van der Waals surface area contributed by atoms with E-state index in [0.717, 1.165) is 5.56 Å². The van der Waals surface area contributed by atoms with Gasteiger partial charge in [-0.3, -0.25) is 4.79 Å². The van der Waals surface area contributed by atoms with Crippen molar-refractivity contribution in [2.45, 2.75) is 19.4 Å². The van der Waals surface area contributed by atoms with Crippen LogP contribution in [0.4, 0.5) is 0 Å². The summed E-state index contributed by atoms with van der Waals surface area (Å²) in [5.74, 6) is -0.203. The molecule has 16 heavy (non-hydrogen) atoms. The van der Waals surface area contributed by atoms with E-state index in [9.17, 15) is 9.90 Å². The first-order valence-electron chi connectivity index (χ1n) is 5.21. The number of amides is 1. The Labute approximate surface area is 95.8 Å². The maximum absolute atomic E-state index is 11.4. The minimum Gasteiger partial charge on any atom is -0.389 e. The molecule has 2 N–H and O–H groups in total. The predicted octanol–water partition coefficient (Wildman–Crippen LogP) is 1.59. The minimum atomic E-state index is -0.879. The zero-order valence-corrected chi connectivity index (χ0v) is 9.60. The van der Waals surface area contributed by atoms with E-state index in [4.69, 9.17) is 0 Å². The van der Waals surface area contributed by atoms with E-state index in [2.05, 4.69) is 5.32 Å². The Balaban J connectivity index is 2.43. The van der Waals surface area contributed by atoms with Gasteiger partial charge in [0.1, 0.15) is 0 Å². The largest absolute Gasteiger partial charge is 0.389 e. The lowest BCUT2D eigenvalue weighted by Gasteiger charge is -2.16. The number of rotatable bonds is 4. The third kappa shape index (κ3) is 5.32. The van der Waals surface area contributed by atoms with Crippen LogP contribution in [0.15, 0.2) is 36.4 Å². The normalized spacial score (nSPS) is 11.7. The molecule has 0 bridgehead atoms. The summed E-state index contributed by atoms with van der Waals surface area (Å²) in [4.78, 5) is 11.4. The van der Waals surface area contributed by atoms with Gasteiger partial charge in [-0.1, -0.05) is 30.3 Å². The van der Waals surface area contributed by atoms with E-state index in [-0.39, 0.29) is 12.5 Å². The Morgan fingerprint density at radius 3 is 2.56 bits per heavy atom. The van der Waals surface area contributed by atoms with Crippen LogP contribution in [0.25, 0.3) is 6.08 Å². The van der Waals surface area contributed by atoms with Gasteiger partial charge >= 0.3 is 0 Å². The summed E-state index contributed by atoms with van der Waals surface area (Å²) in [6.45, 7) is 3.54. The molecule has 1 amide bonds. The molecule has 0 saturated heterocycles. The highest BCUT2D eigenvalue weighted by molar-refractivity contribution is 5.91. The highest BCUT2D eigenvalue weighted by Gasteiger charge is 2.12. The fourth-order valence-corrected chi connectivity index (χ4v) is 1.10. The molecule has 0 radical (unpaired) electrons. The molecule has 1 aromatic carbocycles. The lowest BCUT2D eigenvalue weighted by molar-refractivity contribution is -0.117. The first-order chi connectivity index (χ1) is 7.47. The van der Waals surface area contributed by atoms with Crippen LogP contribution in [0.2, 0.25) is 0 Å². The van der Waals surface area contributed by atoms with E-state index >= 15 is 0 Å². The molecule has 0 saturated carbocycles. The maximum atomic E-state index is 11.4. The molecule has 1 aromatic rings. The topological polar surface area (TPSA) is 49.3 Å². The molecule has 0 spiro atoms. The number of carbonyl (C=O) groups is 1. The number of nitrogens with one attached hydrogen (secondary N) is 1. The van der Waals surface area contributed by atoms with Crippen molar-refractivity contribution < 1.29 is 9.90 Å². The van der Waals surface area contributed by atoms with Gasteiger partial charge in [0.2, 0.25) is 5.91 Å². The van der Waals surface area contributed by atoms with Crippen LogP contribution in [0.1, 0.15) is 19.4 Å². The minimum absolute atomic E-state index is 0.203. The molecule has 0 heterocycles. The predicted molar refractivity (Wildman–Crippen MR) is 64.8 cm³/mol. The molecule has 0 unspecified atom stereocenters. The second-order valence-electron chi connectivity index (χ2n) is 4.27. The van der Waals surface area contributed by atoms with Gasteiger partial charge in [-0.2, -0.15) is 0 Å². The Bertz CT molecular complexity index is 363. The molecule has 86 valence electrons. The number of hydrogen-bond acceptors (Lipinski definition) is 2. The third-order valence-corrected chi connectivity index (χ3v) is 1.92. The van der Waals surface area contributed by atoms with Crippen LogP contribution in [-0.4, -0.2) is 23.2 Å². The second-order valence-corrected chi connectivity index (χ2v) is 4.27. The molecule has 3 nitrogen and oxygen atoms in total. The summed E-state index contributed by atoms with van der Waals surface area (Å²) in [7, 11) is 0. The van der Waals surface area contributed by atoms with E-state index in [1.54, 1.807) is 19.9 Å². The molecule has 0 aliphatic carbocycles. The van der Waals surface area contributed by atoms with Crippen molar-refractivity contribution in [3.63, 3.8) is 0 Å². The molecule has 3 heteroatoms. The van der Waals surface area contributed by atoms with Crippen LogP contribution in [0.3, 0.4) is 0 Å². The molecular formula is C13H17NO2. The van der Waals surface area contributed by atoms with Gasteiger partial charge in [0.15, 0.2) is 0 Å². The molecular weight excluding hydrogens is 202 g/mol. The molecule has 0 atom stereocenters. The number of benzene rings is 1. The third-order valence-electron chi connectivity index (χ3n) is 1.92. The Kier molecular flexibility index (Phi) is 4.26. The van der Waals surface area contributed by atoms with Crippen molar-refractivity contribution in [1.29, 1.82) is 0 Å². The molecule has 0 fully saturated rings. The summed E-state index contributed by atoms with van der Waals surface area (Å²) in [6.07, 6.45) is 3.20. The van der Waals surface area contributed by atoms with Crippen LogP contribution in [-0.2, 0) is 4.79 Å². The summed E-state index contributed by atoms with van der Waals surface area (Å²) in [5.41, 5.74) is 0.0943. The molecule has 1 rings (SSSR count). The molecule has 0 aliphatic rings. The summed E-state index contributed by atoms with van der Waals surface area (Å²) in [6, 6.07) is 9.58. The lowest BCUT2D eigenvalue weighted by atomic mass is 10.1. The molecule has 0 aromatic heterocycles. The van der Waals surface area contributed by atoms with Crippen molar-refractivity contribution >= 4 is 12.0 Å². The zero-order chi connectivity index (χ0) is 12.0. The Morgan fingerprint density at radius 2 is 2.00 bits per heavy atom. The first-order valence-corrected chi connectivity index (χ1v) is 5.21. The van der Waals surface area contributed by atoms with Crippen molar-refractivity contribution in [2.75, 3.05) is 6.54 Å². The second kappa shape index (κ2) is 5.47. The Morgan fingerprint density at radius 1 is 1.38 bits per heavy atom. The van der Waals surface area contributed by atoms with Gasteiger partial charge < -0.3 is 10.4 Å². The monoisotopic (exact) mass is 219 g/mol. The van der Waals surface area contributed by atoms with Gasteiger partial charge in [-0.05, 0) is 25.5 Å². The van der Waals surface area contributed by atoms with Gasteiger partial charge in [0.05, 0.1) is 5.60 Å². The first kappa shape index (κ1) is 12.5. The van der Waals surface area contributed by atoms with Crippen molar-refractivity contribution in [1.82, 2.24) is 5.32 Å². The smallest absolute Gasteiger partial charge is 0.244 e. The lowest BCUT2D eigenvalue weighted by Crippen LogP contribution is -2.37. The fourth-order valence-electron chi connectivity index (χ4n) is 1.10. The summed E-state index contributed by atoms with van der Waals surface area (Å²) >= 11 is 0. The maximum Gasteiger partial charge on any atom is 0.244 e. The van der Waals surface area contributed by atoms with E-state index < -0.39 is 5.60 Å². The summed E-state index contributed by atoms with van der Waals surface area (Å²) in [5, 5.41) is 12.0. The SMILES string of the molecule is CC(C)(O)CNC(=O)/C=C/c1ccccc1. The van der Waals surface area contributed by atoms with Crippen molar-refractivity contribution in [3.8, 4) is 0 Å². The average Bonchev–Trinajstić information content (AvgIpc) is 2.24. The van der Waals surface area contributed by atoms with Crippen LogP contribution < -0.4 is 5.32 Å². The van der Waals surface area contributed by atoms with Gasteiger partial charge in [-0.25, -0.2) is 0 Å². The van der Waals surface area contributed by atoms with Crippen molar-refractivity contribution in [3.05, 3.63) is 42.0 Å². The highest BCUT2D eigenvalue weighted by Crippen LogP contribution is 2.01. The molecule has 0 aliphatic heterocycles. The van der Waals surface area contributed by atoms with E-state index in [1.165, 1.54) is 6.08 Å². The standard InChI is InChI=1S/C13H17NO2/c1-13(2,16)10-14-12(15)9-8-11-6-4-3-5-7-11/h3-9,16H,10H2,1-2H3,(H,14,15)/b9-8+. The van der Waals surface area contributed by atoms with Crippen LogP contribution >= 0.6 is 0 Å². The Hall–Kier alpha value is -1.61. The van der Waals surface area contributed by atoms with Gasteiger partial charge in [0.25, 0.3) is 0 Å². The van der Waals surface area contributed by atoms with Gasteiger partial charge in [-0.15, -0.1) is 0 Å². The summed E-state index contributed by atoms with van der Waals surface area (Å²) < 4.78 is 0. The zero-order valence-electron chi connectivity index (χ0n) is 9.60.